The van der Waals surface area contributed by atoms with Gasteiger partial charge in [0.15, 0.2) is 0 Å². The third kappa shape index (κ3) is 1.50. The normalized spacial score (nSPS) is 34.8. The molecule has 1 aliphatic heterocycles. The summed E-state index contributed by atoms with van der Waals surface area (Å²) in [5.74, 6) is 0. The summed E-state index contributed by atoms with van der Waals surface area (Å²) in [5, 5.41) is 3.42. The van der Waals surface area contributed by atoms with Crippen LogP contribution in [0.4, 0.5) is 0 Å². The van der Waals surface area contributed by atoms with Crippen LogP contribution in [0.2, 0.25) is 0 Å². The second-order valence-corrected chi connectivity index (χ2v) is 3.67. The summed E-state index contributed by atoms with van der Waals surface area (Å²) in [5.41, 5.74) is 0.401. The van der Waals surface area contributed by atoms with Crippen molar-refractivity contribution >= 4 is 0 Å². The summed E-state index contributed by atoms with van der Waals surface area (Å²) in [4.78, 5) is 2.32. The van der Waals surface area contributed by atoms with E-state index in [1.54, 1.807) is 0 Å². The predicted octanol–water partition coefficient (Wildman–Crippen LogP) is 0.690. The molecule has 0 amide bonds. The molecule has 1 fully saturated rings. The molecule has 0 radical (unpaired) electrons. The largest absolute Gasteiger partial charge is 0.315 e. The van der Waals surface area contributed by atoms with Crippen LogP contribution in [0.25, 0.3) is 0 Å². The lowest BCUT2D eigenvalue weighted by Gasteiger charge is -2.40. The number of nitrogens with zero attached hydrogens (tertiary/aromatic N) is 1. The number of hydrogen-bond donors (Lipinski definition) is 1. The van der Waals surface area contributed by atoms with E-state index in [4.69, 9.17) is 0 Å². The third-order valence-electron chi connectivity index (χ3n) is 2.65. The summed E-state index contributed by atoms with van der Waals surface area (Å²) in [7, 11) is 4.32. The lowest BCUT2D eigenvalue weighted by molar-refractivity contribution is 0.134. The predicted molar refractivity (Wildman–Crippen MR) is 44.2 cm³/mol. The minimum absolute atomic E-state index is 0.401. The lowest BCUT2D eigenvalue weighted by atomic mass is 9.91. The van der Waals surface area contributed by atoms with Crippen molar-refractivity contribution in [2.45, 2.75) is 25.3 Å². The third-order valence-corrected chi connectivity index (χ3v) is 2.65. The molecule has 0 spiro atoms. The van der Waals surface area contributed by atoms with Gasteiger partial charge in [0.1, 0.15) is 0 Å². The molecule has 10 heavy (non-hydrogen) atoms. The molecule has 0 aromatic rings. The molecule has 1 heterocycles. The van der Waals surface area contributed by atoms with Gasteiger partial charge in [0, 0.05) is 12.1 Å². The molecule has 1 unspecified atom stereocenters. The van der Waals surface area contributed by atoms with E-state index in [1.807, 2.05) is 0 Å². The first kappa shape index (κ1) is 8.02. The average Bonchev–Trinajstić information content (AvgIpc) is 1.89. The molecule has 1 aliphatic rings. The smallest absolute Gasteiger partial charge is 0.0300 e. The van der Waals surface area contributed by atoms with Crippen LogP contribution in [0.1, 0.15) is 19.8 Å². The Bertz CT molecular complexity index is 104. The molecule has 1 rings (SSSR count). The second kappa shape index (κ2) is 2.89. The molecule has 2 heteroatoms. The maximum Gasteiger partial charge on any atom is 0.0300 e. The van der Waals surface area contributed by atoms with Gasteiger partial charge in [-0.3, -0.25) is 0 Å². The average molecular weight is 142 g/mol. The zero-order valence-corrected chi connectivity index (χ0v) is 7.28. The Morgan fingerprint density at radius 1 is 1.40 bits per heavy atom. The van der Waals surface area contributed by atoms with Crippen molar-refractivity contribution in [2.24, 2.45) is 0 Å². The van der Waals surface area contributed by atoms with E-state index < -0.39 is 0 Å². The minimum Gasteiger partial charge on any atom is -0.315 e. The van der Waals surface area contributed by atoms with Crippen molar-refractivity contribution in [3.8, 4) is 0 Å². The Morgan fingerprint density at radius 3 is 2.40 bits per heavy atom. The van der Waals surface area contributed by atoms with Gasteiger partial charge in [0.2, 0.25) is 0 Å². The van der Waals surface area contributed by atoms with Gasteiger partial charge in [0.25, 0.3) is 0 Å². The summed E-state index contributed by atoms with van der Waals surface area (Å²) in [6.07, 6.45) is 2.64. The summed E-state index contributed by atoms with van der Waals surface area (Å²) >= 11 is 0. The highest BCUT2D eigenvalue weighted by Gasteiger charge is 2.28. The molecule has 0 aromatic carbocycles. The molecule has 2 nitrogen and oxygen atoms in total. The summed E-state index contributed by atoms with van der Waals surface area (Å²) in [6.45, 7) is 4.66. The van der Waals surface area contributed by atoms with Crippen LogP contribution in [-0.4, -0.2) is 37.6 Å². The first-order valence-electron chi connectivity index (χ1n) is 4.03. The van der Waals surface area contributed by atoms with E-state index in [2.05, 4.69) is 31.2 Å². The van der Waals surface area contributed by atoms with Gasteiger partial charge < -0.3 is 10.2 Å². The van der Waals surface area contributed by atoms with Crippen molar-refractivity contribution < 1.29 is 0 Å². The fourth-order valence-electron chi connectivity index (χ4n) is 1.42. The van der Waals surface area contributed by atoms with Gasteiger partial charge in [-0.15, -0.1) is 0 Å². The zero-order valence-electron chi connectivity index (χ0n) is 7.28. The first-order valence-corrected chi connectivity index (χ1v) is 4.03. The highest BCUT2D eigenvalue weighted by molar-refractivity contribution is 4.88. The molecule has 1 saturated heterocycles. The summed E-state index contributed by atoms with van der Waals surface area (Å²) in [6, 6.07) is 0. The first-order chi connectivity index (χ1) is 4.65. The van der Waals surface area contributed by atoms with Crippen LogP contribution in [0.15, 0.2) is 0 Å². The van der Waals surface area contributed by atoms with Gasteiger partial charge in [-0.25, -0.2) is 0 Å². The van der Waals surface area contributed by atoms with E-state index in [0.717, 1.165) is 6.54 Å². The van der Waals surface area contributed by atoms with Gasteiger partial charge in [-0.05, 0) is 40.4 Å². The van der Waals surface area contributed by atoms with Crippen molar-refractivity contribution in [2.75, 3.05) is 27.2 Å². The van der Waals surface area contributed by atoms with Crippen LogP contribution in [0.3, 0.4) is 0 Å². The Labute approximate surface area is 63.6 Å². The molecule has 1 N–H and O–H groups in total. The fraction of sp³-hybridized carbons (Fsp3) is 1.00. The zero-order chi connectivity index (χ0) is 7.61. The fourth-order valence-corrected chi connectivity index (χ4v) is 1.42. The van der Waals surface area contributed by atoms with Crippen LogP contribution >= 0.6 is 0 Å². The maximum atomic E-state index is 3.42. The van der Waals surface area contributed by atoms with E-state index in [9.17, 15) is 0 Å². The molecule has 60 valence electrons. The topological polar surface area (TPSA) is 15.3 Å². The molecule has 0 aliphatic carbocycles. The molecular formula is C8H18N2. The van der Waals surface area contributed by atoms with Gasteiger partial charge >= 0.3 is 0 Å². The van der Waals surface area contributed by atoms with Crippen LogP contribution in [0, 0.1) is 0 Å². The number of hydrogen-bond acceptors (Lipinski definition) is 2. The van der Waals surface area contributed by atoms with Crippen LogP contribution in [0.5, 0.6) is 0 Å². The molecule has 0 saturated carbocycles. The van der Waals surface area contributed by atoms with E-state index >= 15 is 0 Å². The SMILES string of the molecule is CN(C)C1(C)CCCNC1. The van der Waals surface area contributed by atoms with E-state index in [0.29, 0.717) is 5.54 Å². The number of piperidine rings is 1. The Kier molecular flexibility index (Phi) is 2.32. The van der Waals surface area contributed by atoms with Crippen LogP contribution in [-0.2, 0) is 0 Å². The maximum absolute atomic E-state index is 3.42. The molecule has 0 aromatic heterocycles. The molecule has 0 bridgehead atoms. The number of likely N-dealkylation sites (N-methyl/N-ethyl adjacent to an activating group) is 1. The lowest BCUT2D eigenvalue weighted by Crippen LogP contribution is -2.52. The van der Waals surface area contributed by atoms with Crippen LogP contribution < -0.4 is 5.32 Å². The van der Waals surface area contributed by atoms with E-state index in [1.165, 1.54) is 19.4 Å². The quantitative estimate of drug-likeness (QED) is 0.579. The number of nitrogens with one attached hydrogen (secondary N) is 1. The summed E-state index contributed by atoms with van der Waals surface area (Å²) < 4.78 is 0. The Balaban J connectivity index is 2.48. The molecular weight excluding hydrogens is 124 g/mol. The van der Waals surface area contributed by atoms with E-state index in [-0.39, 0.29) is 0 Å². The van der Waals surface area contributed by atoms with Gasteiger partial charge in [-0.1, -0.05) is 0 Å². The van der Waals surface area contributed by atoms with Crippen molar-refractivity contribution in [1.29, 1.82) is 0 Å². The minimum atomic E-state index is 0.401. The number of rotatable bonds is 1. The highest BCUT2D eigenvalue weighted by atomic mass is 15.2. The highest BCUT2D eigenvalue weighted by Crippen LogP contribution is 2.19. The Morgan fingerprint density at radius 2 is 2.10 bits per heavy atom. The molecule has 1 atom stereocenters. The van der Waals surface area contributed by atoms with Gasteiger partial charge in [-0.2, -0.15) is 0 Å². The van der Waals surface area contributed by atoms with Gasteiger partial charge in [0.05, 0.1) is 0 Å². The van der Waals surface area contributed by atoms with Crippen molar-refractivity contribution in [3.05, 3.63) is 0 Å². The monoisotopic (exact) mass is 142 g/mol. The second-order valence-electron chi connectivity index (χ2n) is 3.67. The Hall–Kier alpha value is -0.0800. The van der Waals surface area contributed by atoms with Crippen molar-refractivity contribution in [3.63, 3.8) is 0 Å². The standard InChI is InChI=1S/C8H18N2/c1-8(10(2)3)5-4-6-9-7-8/h9H,4-7H2,1-3H3. The van der Waals surface area contributed by atoms with Crippen molar-refractivity contribution in [1.82, 2.24) is 10.2 Å².